The highest BCUT2D eigenvalue weighted by Crippen LogP contribution is 2.24. The lowest BCUT2D eigenvalue weighted by Gasteiger charge is -2.35. The van der Waals surface area contributed by atoms with Gasteiger partial charge in [0.05, 0.1) is 6.10 Å². The fraction of sp³-hybridized carbons (Fsp3) is 0.476. The smallest absolute Gasteiger partial charge is 0.0612 e. The highest BCUT2D eigenvalue weighted by Gasteiger charge is 2.27. The molecule has 0 unspecified atom stereocenters. The van der Waals surface area contributed by atoms with E-state index >= 15 is 0 Å². The zero-order valence-electron chi connectivity index (χ0n) is 14.7. The molecule has 0 amide bonds. The van der Waals surface area contributed by atoms with Crippen LogP contribution in [-0.4, -0.2) is 23.7 Å². The van der Waals surface area contributed by atoms with Crippen molar-refractivity contribution >= 4 is 0 Å². The van der Waals surface area contributed by atoms with E-state index in [1.165, 1.54) is 5.56 Å². The maximum atomic E-state index is 5.92. The van der Waals surface area contributed by atoms with Gasteiger partial charge in [0, 0.05) is 37.0 Å². The second kappa shape index (κ2) is 8.41. The molecular weight excluding hydrogens is 296 g/mol. The maximum Gasteiger partial charge on any atom is 0.0612 e. The molecule has 3 atom stereocenters. The number of nitrogens with zero attached hydrogens (tertiary/aromatic N) is 1. The van der Waals surface area contributed by atoms with Crippen molar-refractivity contribution in [2.24, 2.45) is 5.92 Å². The number of nitrogens with one attached hydrogen (secondary N) is 1. The molecule has 1 aromatic carbocycles. The van der Waals surface area contributed by atoms with E-state index in [1.807, 2.05) is 12.3 Å². The van der Waals surface area contributed by atoms with Crippen LogP contribution in [0.4, 0.5) is 0 Å². The molecule has 3 nitrogen and oxygen atoms in total. The van der Waals surface area contributed by atoms with Crippen molar-refractivity contribution in [3.05, 3.63) is 66.0 Å². The SMILES string of the molecule is CC(C)[C@@H]1C[C@H](N[C@@H](Cc2ccccn2)c2ccccc2)CCO1. The topological polar surface area (TPSA) is 34.2 Å². The lowest BCUT2D eigenvalue weighted by molar-refractivity contribution is -0.0260. The third-order valence-corrected chi connectivity index (χ3v) is 4.84. The zero-order valence-corrected chi connectivity index (χ0v) is 14.7. The van der Waals surface area contributed by atoms with Gasteiger partial charge < -0.3 is 10.1 Å². The summed E-state index contributed by atoms with van der Waals surface area (Å²) >= 11 is 0. The summed E-state index contributed by atoms with van der Waals surface area (Å²) in [5.74, 6) is 0.570. The Bertz CT molecular complexity index is 600. The van der Waals surface area contributed by atoms with Crippen LogP contribution >= 0.6 is 0 Å². The molecule has 1 saturated heterocycles. The highest BCUT2D eigenvalue weighted by molar-refractivity contribution is 5.21. The van der Waals surface area contributed by atoms with Crippen LogP contribution in [0.2, 0.25) is 0 Å². The van der Waals surface area contributed by atoms with Gasteiger partial charge in [-0.2, -0.15) is 0 Å². The highest BCUT2D eigenvalue weighted by atomic mass is 16.5. The Kier molecular flexibility index (Phi) is 6.00. The average molecular weight is 324 g/mol. The zero-order chi connectivity index (χ0) is 16.8. The summed E-state index contributed by atoms with van der Waals surface area (Å²) in [6, 6.07) is 17.7. The second-order valence-corrected chi connectivity index (χ2v) is 7.03. The minimum atomic E-state index is 0.289. The Labute approximate surface area is 145 Å². The van der Waals surface area contributed by atoms with Crippen molar-refractivity contribution in [1.82, 2.24) is 10.3 Å². The van der Waals surface area contributed by atoms with Crippen molar-refractivity contribution in [2.75, 3.05) is 6.61 Å². The number of benzene rings is 1. The monoisotopic (exact) mass is 324 g/mol. The number of hydrogen-bond acceptors (Lipinski definition) is 3. The molecule has 24 heavy (non-hydrogen) atoms. The van der Waals surface area contributed by atoms with Crippen molar-refractivity contribution in [2.45, 2.75) is 51.3 Å². The van der Waals surface area contributed by atoms with Crippen molar-refractivity contribution in [1.29, 1.82) is 0 Å². The van der Waals surface area contributed by atoms with Gasteiger partial charge in [-0.05, 0) is 36.5 Å². The molecule has 2 aromatic rings. The van der Waals surface area contributed by atoms with Gasteiger partial charge >= 0.3 is 0 Å². The summed E-state index contributed by atoms with van der Waals surface area (Å²) in [4.78, 5) is 4.52. The molecule has 1 aliphatic rings. The Hall–Kier alpha value is -1.71. The first-order chi connectivity index (χ1) is 11.7. The fourth-order valence-electron chi connectivity index (χ4n) is 3.41. The molecule has 1 fully saturated rings. The quantitative estimate of drug-likeness (QED) is 0.866. The molecule has 0 bridgehead atoms. The molecule has 1 aromatic heterocycles. The lowest BCUT2D eigenvalue weighted by Crippen LogP contribution is -2.42. The van der Waals surface area contributed by atoms with E-state index in [-0.39, 0.29) is 6.04 Å². The van der Waals surface area contributed by atoms with E-state index in [9.17, 15) is 0 Å². The Morgan fingerprint density at radius 3 is 2.62 bits per heavy atom. The molecule has 0 saturated carbocycles. The molecule has 0 spiro atoms. The van der Waals surface area contributed by atoms with E-state index in [0.717, 1.165) is 31.6 Å². The van der Waals surface area contributed by atoms with Crippen LogP contribution in [0, 0.1) is 5.92 Å². The van der Waals surface area contributed by atoms with Crippen LogP contribution in [0.15, 0.2) is 54.7 Å². The van der Waals surface area contributed by atoms with Crippen LogP contribution in [0.3, 0.4) is 0 Å². The predicted octanol–water partition coefficient (Wildman–Crippen LogP) is 4.16. The molecule has 2 heterocycles. The molecule has 1 N–H and O–H groups in total. The second-order valence-electron chi connectivity index (χ2n) is 7.03. The van der Waals surface area contributed by atoms with Gasteiger partial charge in [-0.25, -0.2) is 0 Å². The molecule has 0 aliphatic carbocycles. The van der Waals surface area contributed by atoms with Gasteiger partial charge in [-0.1, -0.05) is 50.2 Å². The summed E-state index contributed by atoms with van der Waals surface area (Å²) in [5, 5.41) is 3.89. The number of hydrogen-bond donors (Lipinski definition) is 1. The molecular formula is C21H28N2O. The first-order valence-corrected chi connectivity index (χ1v) is 9.05. The van der Waals surface area contributed by atoms with E-state index in [0.29, 0.717) is 18.1 Å². The summed E-state index contributed by atoms with van der Waals surface area (Å²) < 4.78 is 5.92. The summed E-state index contributed by atoms with van der Waals surface area (Å²) in [6.07, 6.45) is 5.32. The fourth-order valence-corrected chi connectivity index (χ4v) is 3.41. The molecule has 0 radical (unpaired) electrons. The third kappa shape index (κ3) is 4.65. The maximum absolute atomic E-state index is 5.92. The van der Waals surface area contributed by atoms with Crippen LogP contribution in [0.5, 0.6) is 0 Å². The van der Waals surface area contributed by atoms with E-state index in [4.69, 9.17) is 4.74 Å². The van der Waals surface area contributed by atoms with E-state index < -0.39 is 0 Å². The van der Waals surface area contributed by atoms with Gasteiger partial charge in [0.15, 0.2) is 0 Å². The van der Waals surface area contributed by atoms with Gasteiger partial charge in [0.2, 0.25) is 0 Å². The van der Waals surface area contributed by atoms with Crippen LogP contribution < -0.4 is 5.32 Å². The van der Waals surface area contributed by atoms with Crippen molar-refractivity contribution < 1.29 is 4.74 Å². The summed E-state index contributed by atoms with van der Waals surface area (Å²) in [7, 11) is 0. The van der Waals surface area contributed by atoms with Crippen molar-refractivity contribution in [3.63, 3.8) is 0 Å². The van der Waals surface area contributed by atoms with Gasteiger partial charge in [0.1, 0.15) is 0 Å². The Morgan fingerprint density at radius 2 is 1.92 bits per heavy atom. The first kappa shape index (κ1) is 17.1. The number of aromatic nitrogens is 1. The van der Waals surface area contributed by atoms with Gasteiger partial charge in [0.25, 0.3) is 0 Å². The number of ether oxygens (including phenoxy) is 1. The molecule has 128 valence electrons. The van der Waals surface area contributed by atoms with Crippen LogP contribution in [0.25, 0.3) is 0 Å². The third-order valence-electron chi connectivity index (χ3n) is 4.84. The average Bonchev–Trinajstić information content (AvgIpc) is 2.63. The minimum absolute atomic E-state index is 0.289. The predicted molar refractivity (Wildman–Crippen MR) is 97.9 cm³/mol. The number of pyridine rings is 1. The summed E-state index contributed by atoms with van der Waals surface area (Å²) in [6.45, 7) is 5.34. The Morgan fingerprint density at radius 1 is 1.12 bits per heavy atom. The van der Waals surface area contributed by atoms with Gasteiger partial charge in [-0.15, -0.1) is 0 Å². The Balaban J connectivity index is 1.72. The number of rotatable bonds is 6. The largest absolute Gasteiger partial charge is 0.378 e. The normalized spacial score (nSPS) is 22.5. The standard InChI is InChI=1S/C21H28N2O/c1-16(2)21-15-19(11-13-24-21)23-20(17-8-4-3-5-9-17)14-18-10-6-7-12-22-18/h3-10,12,16,19-21,23H,11,13-15H2,1-2H3/t19-,20+,21+/m1/s1. The van der Waals surface area contributed by atoms with E-state index in [1.54, 1.807) is 0 Å². The van der Waals surface area contributed by atoms with Crippen LogP contribution in [-0.2, 0) is 11.2 Å². The summed E-state index contributed by atoms with van der Waals surface area (Å²) in [5.41, 5.74) is 2.46. The minimum Gasteiger partial charge on any atom is -0.378 e. The first-order valence-electron chi connectivity index (χ1n) is 9.05. The molecule has 1 aliphatic heterocycles. The van der Waals surface area contributed by atoms with Gasteiger partial charge in [-0.3, -0.25) is 4.98 Å². The van der Waals surface area contributed by atoms with E-state index in [2.05, 4.69) is 66.6 Å². The molecule has 3 heteroatoms. The lowest BCUT2D eigenvalue weighted by atomic mass is 9.93. The van der Waals surface area contributed by atoms with Crippen molar-refractivity contribution in [3.8, 4) is 0 Å². The van der Waals surface area contributed by atoms with Crippen LogP contribution in [0.1, 0.15) is 44.0 Å². The molecule has 3 rings (SSSR count).